The number of methoxy groups -OCH3 is 1. The van der Waals surface area contributed by atoms with Crippen LogP contribution in [0.15, 0.2) is 24.3 Å². The Morgan fingerprint density at radius 3 is 2.91 bits per heavy atom. The standard InChI is InChI=1S/C21H24O2/c1-4-21(22)12-10-19-18-7-5-14-13-15(23-3)6-8-16(14)17(18)9-11-20(19,21)2/h1,6,8-9,13,18-19,22H,5,7,10-12H2,2-3H3/t18-,19+,20+,21+/m1/s1. The minimum Gasteiger partial charge on any atom is -0.497 e. The molecule has 2 nitrogen and oxygen atoms in total. The highest BCUT2D eigenvalue weighted by atomic mass is 16.5. The van der Waals surface area contributed by atoms with Crippen molar-refractivity contribution in [1.82, 2.24) is 0 Å². The number of allylic oxidation sites excluding steroid dienone is 2. The highest BCUT2D eigenvalue weighted by Gasteiger charge is 2.59. The fourth-order valence-electron chi connectivity index (χ4n) is 5.33. The van der Waals surface area contributed by atoms with Crippen molar-refractivity contribution in [3.63, 3.8) is 0 Å². The lowest BCUT2D eigenvalue weighted by atomic mass is 9.57. The molecule has 0 amide bonds. The van der Waals surface area contributed by atoms with Gasteiger partial charge in [-0.15, -0.1) is 6.42 Å². The van der Waals surface area contributed by atoms with Crippen molar-refractivity contribution in [2.45, 2.75) is 44.6 Å². The number of benzene rings is 1. The summed E-state index contributed by atoms with van der Waals surface area (Å²) in [4.78, 5) is 0. The van der Waals surface area contributed by atoms with Crippen LogP contribution in [0.2, 0.25) is 0 Å². The molecule has 1 N–H and O–H groups in total. The first-order valence-corrected chi connectivity index (χ1v) is 8.60. The van der Waals surface area contributed by atoms with E-state index in [4.69, 9.17) is 11.2 Å². The zero-order chi connectivity index (χ0) is 16.2. The van der Waals surface area contributed by atoms with Crippen LogP contribution in [-0.4, -0.2) is 17.8 Å². The summed E-state index contributed by atoms with van der Waals surface area (Å²) in [5, 5.41) is 10.9. The van der Waals surface area contributed by atoms with E-state index >= 15 is 0 Å². The van der Waals surface area contributed by atoms with E-state index in [1.807, 2.05) is 0 Å². The molecule has 0 bridgehead atoms. The van der Waals surface area contributed by atoms with Gasteiger partial charge in [-0.05, 0) is 72.8 Å². The van der Waals surface area contributed by atoms with Gasteiger partial charge in [-0.1, -0.05) is 25.0 Å². The van der Waals surface area contributed by atoms with Crippen LogP contribution in [0.1, 0.15) is 43.7 Å². The molecule has 0 radical (unpaired) electrons. The van der Waals surface area contributed by atoms with Crippen LogP contribution in [0.3, 0.4) is 0 Å². The van der Waals surface area contributed by atoms with Gasteiger partial charge in [0.1, 0.15) is 11.4 Å². The van der Waals surface area contributed by atoms with Gasteiger partial charge < -0.3 is 9.84 Å². The summed E-state index contributed by atoms with van der Waals surface area (Å²) < 4.78 is 5.37. The van der Waals surface area contributed by atoms with Crippen molar-refractivity contribution in [3.8, 4) is 18.1 Å². The Morgan fingerprint density at radius 1 is 1.35 bits per heavy atom. The van der Waals surface area contributed by atoms with E-state index in [2.05, 4.69) is 37.1 Å². The maximum Gasteiger partial charge on any atom is 0.131 e. The Bertz CT molecular complexity index is 726. The van der Waals surface area contributed by atoms with Crippen molar-refractivity contribution in [3.05, 3.63) is 35.4 Å². The van der Waals surface area contributed by atoms with E-state index in [-0.39, 0.29) is 5.41 Å². The van der Waals surface area contributed by atoms with Crippen molar-refractivity contribution in [1.29, 1.82) is 0 Å². The molecular weight excluding hydrogens is 284 g/mol. The third kappa shape index (κ3) is 1.86. The van der Waals surface area contributed by atoms with Gasteiger partial charge in [-0.2, -0.15) is 0 Å². The molecule has 2 heteroatoms. The number of aryl methyl sites for hydroxylation is 1. The quantitative estimate of drug-likeness (QED) is 0.799. The summed E-state index contributed by atoms with van der Waals surface area (Å²) in [5.41, 5.74) is 3.11. The molecule has 0 saturated heterocycles. The summed E-state index contributed by atoms with van der Waals surface area (Å²) >= 11 is 0. The van der Waals surface area contributed by atoms with Crippen molar-refractivity contribution in [2.75, 3.05) is 7.11 Å². The number of ether oxygens (including phenoxy) is 1. The van der Waals surface area contributed by atoms with E-state index in [9.17, 15) is 5.11 Å². The van der Waals surface area contributed by atoms with Crippen LogP contribution >= 0.6 is 0 Å². The van der Waals surface area contributed by atoms with E-state index in [1.165, 1.54) is 16.7 Å². The molecule has 1 fully saturated rings. The second-order valence-electron chi connectivity index (χ2n) is 7.60. The first-order chi connectivity index (χ1) is 11.0. The van der Waals surface area contributed by atoms with Crippen LogP contribution in [-0.2, 0) is 6.42 Å². The summed E-state index contributed by atoms with van der Waals surface area (Å²) in [5.74, 6) is 4.67. The van der Waals surface area contributed by atoms with Gasteiger partial charge in [0.25, 0.3) is 0 Å². The maximum absolute atomic E-state index is 10.9. The third-order valence-corrected chi connectivity index (χ3v) is 6.80. The average Bonchev–Trinajstić information content (AvgIpc) is 2.86. The molecule has 4 rings (SSSR count). The predicted octanol–water partition coefficient (Wildman–Crippen LogP) is 3.83. The minimum absolute atomic E-state index is 0.181. The molecular formula is C21H24O2. The molecule has 0 aromatic heterocycles. The van der Waals surface area contributed by atoms with Crippen LogP contribution in [0.5, 0.6) is 5.75 Å². The number of aliphatic hydroxyl groups is 1. The predicted molar refractivity (Wildman–Crippen MR) is 92.0 cm³/mol. The summed E-state index contributed by atoms with van der Waals surface area (Å²) in [6.07, 6.45) is 12.9. The summed E-state index contributed by atoms with van der Waals surface area (Å²) in [7, 11) is 1.72. The van der Waals surface area contributed by atoms with Gasteiger partial charge in [0.15, 0.2) is 0 Å². The van der Waals surface area contributed by atoms with Gasteiger partial charge in [0, 0.05) is 5.41 Å². The van der Waals surface area contributed by atoms with Crippen LogP contribution in [0.25, 0.3) is 5.57 Å². The zero-order valence-corrected chi connectivity index (χ0v) is 13.9. The lowest BCUT2D eigenvalue weighted by molar-refractivity contribution is -0.0299. The fraction of sp³-hybridized carbons (Fsp3) is 0.524. The molecule has 1 saturated carbocycles. The lowest BCUT2D eigenvalue weighted by Gasteiger charge is -2.48. The molecule has 23 heavy (non-hydrogen) atoms. The monoisotopic (exact) mass is 308 g/mol. The van der Waals surface area contributed by atoms with Crippen molar-refractivity contribution in [2.24, 2.45) is 17.3 Å². The van der Waals surface area contributed by atoms with Crippen LogP contribution < -0.4 is 4.74 Å². The molecule has 3 aliphatic rings. The van der Waals surface area contributed by atoms with E-state index in [0.717, 1.165) is 37.9 Å². The molecule has 0 unspecified atom stereocenters. The Balaban J connectivity index is 1.77. The Hall–Kier alpha value is -1.72. The van der Waals surface area contributed by atoms with Gasteiger partial charge in [0.05, 0.1) is 7.11 Å². The van der Waals surface area contributed by atoms with Gasteiger partial charge >= 0.3 is 0 Å². The first-order valence-electron chi connectivity index (χ1n) is 8.60. The van der Waals surface area contributed by atoms with Crippen LogP contribution in [0, 0.1) is 29.6 Å². The van der Waals surface area contributed by atoms with Gasteiger partial charge in [-0.3, -0.25) is 0 Å². The van der Waals surface area contributed by atoms with E-state index in [1.54, 1.807) is 7.11 Å². The maximum atomic E-state index is 10.9. The summed E-state index contributed by atoms with van der Waals surface area (Å²) in [6.45, 7) is 2.20. The third-order valence-electron chi connectivity index (χ3n) is 6.80. The highest BCUT2D eigenvalue weighted by Crippen LogP contribution is 2.62. The lowest BCUT2D eigenvalue weighted by Crippen LogP contribution is -2.47. The number of terminal acetylenes is 1. The van der Waals surface area contributed by atoms with Gasteiger partial charge in [0.2, 0.25) is 0 Å². The highest BCUT2D eigenvalue weighted by molar-refractivity contribution is 5.74. The molecule has 4 atom stereocenters. The van der Waals surface area contributed by atoms with Gasteiger partial charge in [-0.25, -0.2) is 0 Å². The Labute approximate surface area is 138 Å². The topological polar surface area (TPSA) is 29.5 Å². The minimum atomic E-state index is -0.945. The molecule has 1 aromatic rings. The van der Waals surface area contributed by atoms with Crippen molar-refractivity contribution < 1.29 is 9.84 Å². The second kappa shape index (κ2) is 4.89. The molecule has 1 aromatic carbocycles. The number of rotatable bonds is 1. The van der Waals surface area contributed by atoms with Crippen LogP contribution in [0.4, 0.5) is 0 Å². The average molecular weight is 308 g/mol. The van der Waals surface area contributed by atoms with Crippen molar-refractivity contribution >= 4 is 5.57 Å². The molecule has 0 spiro atoms. The number of hydrogen-bond donors (Lipinski definition) is 1. The summed E-state index contributed by atoms with van der Waals surface area (Å²) in [6, 6.07) is 6.44. The second-order valence-corrected chi connectivity index (χ2v) is 7.60. The fourth-order valence-corrected chi connectivity index (χ4v) is 5.33. The molecule has 0 aliphatic heterocycles. The Morgan fingerprint density at radius 2 is 2.17 bits per heavy atom. The molecule has 3 aliphatic carbocycles. The number of fused-ring (bicyclic) bond motifs is 5. The molecule has 0 heterocycles. The molecule has 120 valence electrons. The normalized spacial score (nSPS) is 37.9. The smallest absolute Gasteiger partial charge is 0.131 e. The largest absolute Gasteiger partial charge is 0.497 e. The number of hydrogen-bond acceptors (Lipinski definition) is 2. The zero-order valence-electron chi connectivity index (χ0n) is 13.9. The SMILES string of the molecule is C#C[C@]1(O)CC[C@H]2[C@@H]3CCc4cc(OC)ccc4C3=CC[C@@]21C. The Kier molecular flexibility index (Phi) is 3.15. The van der Waals surface area contributed by atoms with E-state index < -0.39 is 5.60 Å². The van der Waals surface area contributed by atoms with E-state index in [0.29, 0.717) is 11.8 Å². The first kappa shape index (κ1) is 14.8.